The summed E-state index contributed by atoms with van der Waals surface area (Å²) in [5.74, 6) is 0.871. The molecule has 2 aromatic heterocycles. The van der Waals surface area contributed by atoms with E-state index in [2.05, 4.69) is 28.0 Å². The molecule has 0 bridgehead atoms. The average molecular weight is 256 g/mol. The summed E-state index contributed by atoms with van der Waals surface area (Å²) in [6.45, 7) is 1.63. The smallest absolute Gasteiger partial charge is 0.120 e. The lowest BCUT2D eigenvalue weighted by Crippen LogP contribution is -2.06. The number of fused-ring (bicyclic) bond motifs is 1. The second-order valence-electron chi connectivity index (χ2n) is 4.47. The number of nitrogens with zero attached hydrogens (tertiary/aromatic N) is 3. The van der Waals surface area contributed by atoms with Gasteiger partial charge in [-0.25, -0.2) is 0 Å². The Bertz CT molecular complexity index is 698. The molecular weight excluding hydrogens is 240 g/mol. The van der Waals surface area contributed by atoms with Crippen LogP contribution < -0.4 is 10.5 Å². The van der Waals surface area contributed by atoms with Crippen molar-refractivity contribution in [1.29, 1.82) is 0 Å². The number of hydrogen-bond donors (Lipinski definition) is 1. The summed E-state index contributed by atoms with van der Waals surface area (Å²) in [6.07, 6.45) is 5.58. The molecule has 0 saturated carbocycles. The summed E-state index contributed by atoms with van der Waals surface area (Å²) in [7, 11) is 1.68. The van der Waals surface area contributed by atoms with E-state index in [1.165, 1.54) is 10.9 Å². The van der Waals surface area contributed by atoms with Crippen LogP contribution in [0.5, 0.6) is 5.75 Å². The number of nitrogen functional groups attached to an aromatic ring is 1. The first-order chi connectivity index (χ1) is 9.26. The van der Waals surface area contributed by atoms with E-state index in [0.29, 0.717) is 5.69 Å². The summed E-state index contributed by atoms with van der Waals surface area (Å²) < 4.78 is 9.30. The lowest BCUT2D eigenvalue weighted by Gasteiger charge is -2.07. The summed E-state index contributed by atoms with van der Waals surface area (Å²) in [6, 6.07) is 8.19. The number of anilines is 1. The van der Waals surface area contributed by atoms with Gasteiger partial charge in [-0.05, 0) is 23.6 Å². The number of rotatable bonds is 4. The van der Waals surface area contributed by atoms with Gasteiger partial charge in [-0.15, -0.1) is 0 Å². The van der Waals surface area contributed by atoms with Crippen molar-refractivity contribution in [2.24, 2.45) is 0 Å². The third-order valence-corrected chi connectivity index (χ3v) is 3.20. The average Bonchev–Trinajstić information content (AvgIpc) is 3.02. The van der Waals surface area contributed by atoms with Gasteiger partial charge in [0.2, 0.25) is 0 Å². The molecular formula is C14H16N4O. The molecule has 98 valence electrons. The van der Waals surface area contributed by atoms with E-state index in [0.717, 1.165) is 18.8 Å². The van der Waals surface area contributed by atoms with Gasteiger partial charge in [0.1, 0.15) is 5.75 Å². The van der Waals surface area contributed by atoms with Gasteiger partial charge in [0.15, 0.2) is 0 Å². The van der Waals surface area contributed by atoms with Gasteiger partial charge in [-0.1, -0.05) is 0 Å². The molecule has 3 rings (SSSR count). The normalized spacial score (nSPS) is 11.0. The van der Waals surface area contributed by atoms with Gasteiger partial charge in [0, 0.05) is 25.0 Å². The van der Waals surface area contributed by atoms with Crippen LogP contribution in [0.2, 0.25) is 0 Å². The molecule has 5 nitrogen and oxygen atoms in total. The minimum Gasteiger partial charge on any atom is -0.497 e. The van der Waals surface area contributed by atoms with Gasteiger partial charge >= 0.3 is 0 Å². The van der Waals surface area contributed by atoms with Gasteiger partial charge in [-0.3, -0.25) is 4.68 Å². The molecule has 0 aliphatic rings. The zero-order valence-corrected chi connectivity index (χ0v) is 10.8. The minimum atomic E-state index is 0.694. The highest BCUT2D eigenvalue weighted by molar-refractivity contribution is 5.81. The van der Waals surface area contributed by atoms with E-state index in [1.54, 1.807) is 13.3 Å². The summed E-state index contributed by atoms with van der Waals surface area (Å²) in [5, 5.41) is 5.39. The predicted molar refractivity (Wildman–Crippen MR) is 75.1 cm³/mol. The molecule has 0 spiro atoms. The van der Waals surface area contributed by atoms with Crippen LogP contribution in [0.3, 0.4) is 0 Å². The fourth-order valence-corrected chi connectivity index (χ4v) is 2.20. The molecule has 0 aliphatic carbocycles. The van der Waals surface area contributed by atoms with E-state index in [4.69, 9.17) is 10.5 Å². The Morgan fingerprint density at radius 2 is 2.16 bits per heavy atom. The second kappa shape index (κ2) is 4.68. The Hall–Kier alpha value is -2.43. The second-order valence-corrected chi connectivity index (χ2v) is 4.47. The number of benzene rings is 1. The Balaban J connectivity index is 1.84. The molecule has 0 amide bonds. The highest BCUT2D eigenvalue weighted by Gasteiger charge is 2.03. The Labute approximate surface area is 111 Å². The first-order valence-electron chi connectivity index (χ1n) is 6.17. The fourth-order valence-electron chi connectivity index (χ4n) is 2.20. The molecule has 0 radical (unpaired) electrons. The molecule has 0 unspecified atom stereocenters. The van der Waals surface area contributed by atoms with Crippen molar-refractivity contribution >= 4 is 16.6 Å². The van der Waals surface area contributed by atoms with E-state index < -0.39 is 0 Å². The van der Waals surface area contributed by atoms with Crippen molar-refractivity contribution in [3.8, 4) is 5.75 Å². The lowest BCUT2D eigenvalue weighted by molar-refractivity contribution is 0.415. The molecule has 2 N–H and O–H groups in total. The van der Waals surface area contributed by atoms with Crippen LogP contribution in [0.25, 0.3) is 10.9 Å². The standard InChI is InChI=1S/C14H16N4O/c1-19-13-3-2-11-4-5-17(14(11)8-13)6-7-18-10-12(15)9-16-18/h2-5,8-10H,6-7,15H2,1H3. The van der Waals surface area contributed by atoms with Crippen molar-refractivity contribution in [2.45, 2.75) is 13.1 Å². The summed E-state index contributed by atoms with van der Waals surface area (Å²) >= 11 is 0. The van der Waals surface area contributed by atoms with Gasteiger partial charge < -0.3 is 15.0 Å². The van der Waals surface area contributed by atoms with E-state index in [9.17, 15) is 0 Å². The fraction of sp³-hybridized carbons (Fsp3) is 0.214. The molecule has 0 saturated heterocycles. The molecule has 19 heavy (non-hydrogen) atoms. The van der Waals surface area contributed by atoms with Gasteiger partial charge in [-0.2, -0.15) is 5.10 Å². The number of hydrogen-bond acceptors (Lipinski definition) is 3. The summed E-state index contributed by atoms with van der Waals surface area (Å²) in [4.78, 5) is 0. The zero-order chi connectivity index (χ0) is 13.2. The van der Waals surface area contributed by atoms with Crippen LogP contribution in [-0.4, -0.2) is 21.5 Å². The lowest BCUT2D eigenvalue weighted by atomic mass is 10.2. The molecule has 0 aliphatic heterocycles. The van der Waals surface area contributed by atoms with Crippen molar-refractivity contribution in [1.82, 2.24) is 14.3 Å². The molecule has 3 aromatic rings. The number of ether oxygens (including phenoxy) is 1. The first kappa shape index (κ1) is 11.6. The van der Waals surface area contributed by atoms with Crippen molar-refractivity contribution < 1.29 is 4.74 Å². The minimum absolute atomic E-state index is 0.694. The highest BCUT2D eigenvalue weighted by Crippen LogP contribution is 2.21. The maximum absolute atomic E-state index is 5.65. The van der Waals surface area contributed by atoms with Crippen LogP contribution in [0.4, 0.5) is 5.69 Å². The van der Waals surface area contributed by atoms with Gasteiger partial charge in [0.25, 0.3) is 0 Å². The van der Waals surface area contributed by atoms with Crippen molar-refractivity contribution in [3.05, 3.63) is 42.9 Å². The number of aromatic nitrogens is 3. The topological polar surface area (TPSA) is 58.0 Å². The third-order valence-electron chi connectivity index (χ3n) is 3.20. The Morgan fingerprint density at radius 3 is 2.89 bits per heavy atom. The van der Waals surface area contributed by atoms with E-state index >= 15 is 0 Å². The number of methoxy groups -OCH3 is 1. The van der Waals surface area contributed by atoms with Crippen LogP contribution in [0.15, 0.2) is 42.9 Å². The molecule has 2 heterocycles. The molecule has 1 aromatic carbocycles. The molecule has 0 fully saturated rings. The maximum Gasteiger partial charge on any atom is 0.120 e. The predicted octanol–water partition coefficient (Wildman–Crippen LogP) is 2.13. The number of nitrogens with two attached hydrogens (primary N) is 1. The monoisotopic (exact) mass is 256 g/mol. The molecule has 5 heteroatoms. The van der Waals surface area contributed by atoms with E-state index in [1.807, 2.05) is 23.0 Å². The summed E-state index contributed by atoms with van der Waals surface area (Å²) in [5.41, 5.74) is 7.51. The van der Waals surface area contributed by atoms with Crippen LogP contribution in [0.1, 0.15) is 0 Å². The highest BCUT2D eigenvalue weighted by atomic mass is 16.5. The zero-order valence-electron chi connectivity index (χ0n) is 10.8. The van der Waals surface area contributed by atoms with Crippen LogP contribution in [-0.2, 0) is 13.1 Å². The number of aryl methyl sites for hydroxylation is 2. The van der Waals surface area contributed by atoms with Crippen LogP contribution in [0, 0.1) is 0 Å². The Kier molecular flexibility index (Phi) is 2.87. The van der Waals surface area contributed by atoms with Crippen molar-refractivity contribution in [3.63, 3.8) is 0 Å². The van der Waals surface area contributed by atoms with Gasteiger partial charge in [0.05, 0.1) is 31.1 Å². The third kappa shape index (κ3) is 2.27. The quantitative estimate of drug-likeness (QED) is 0.778. The van der Waals surface area contributed by atoms with E-state index in [-0.39, 0.29) is 0 Å². The van der Waals surface area contributed by atoms with Crippen molar-refractivity contribution in [2.75, 3.05) is 12.8 Å². The maximum atomic E-state index is 5.65. The largest absolute Gasteiger partial charge is 0.497 e. The SMILES string of the molecule is COc1ccc2ccn(CCn3cc(N)cn3)c2c1. The molecule has 0 atom stereocenters. The first-order valence-corrected chi connectivity index (χ1v) is 6.17. The van der Waals surface area contributed by atoms with Crippen LogP contribution >= 0.6 is 0 Å². The Morgan fingerprint density at radius 1 is 1.26 bits per heavy atom.